The van der Waals surface area contributed by atoms with Crippen LogP contribution < -0.4 is 16.2 Å². The van der Waals surface area contributed by atoms with Gasteiger partial charge in [-0.15, -0.1) is 0 Å². The summed E-state index contributed by atoms with van der Waals surface area (Å²) in [6, 6.07) is 16.2. The Bertz CT molecular complexity index is 1240. The van der Waals surface area contributed by atoms with Crippen LogP contribution in [0.1, 0.15) is 12.0 Å². The molecule has 0 aliphatic carbocycles. The van der Waals surface area contributed by atoms with Crippen molar-refractivity contribution in [2.75, 3.05) is 24.3 Å². The number of amides is 3. The van der Waals surface area contributed by atoms with Crippen molar-refractivity contribution in [3.8, 4) is 5.69 Å². The number of aromatic nitrogens is 1. The Balaban J connectivity index is 1.46. The van der Waals surface area contributed by atoms with E-state index in [1.165, 1.54) is 4.90 Å². The third-order valence-electron chi connectivity index (χ3n) is 5.81. The van der Waals surface area contributed by atoms with Crippen LogP contribution in [0.3, 0.4) is 0 Å². The second-order valence-electron chi connectivity index (χ2n) is 8.10. The number of rotatable bonds is 5. The first-order valence-electron chi connectivity index (χ1n) is 10.8. The number of carbonyl (C=O) groups is 2. The molecule has 34 heavy (non-hydrogen) atoms. The maximum atomic E-state index is 13.1. The number of carbonyl (C=O) groups excluding carboxylic acids is 2. The highest BCUT2D eigenvalue weighted by atomic mass is 35.5. The zero-order valence-corrected chi connectivity index (χ0v) is 19.6. The maximum absolute atomic E-state index is 13.1. The van der Waals surface area contributed by atoms with Gasteiger partial charge in [0.05, 0.1) is 6.10 Å². The molecule has 1 aliphatic rings. The molecular formula is C25H25ClN4O4. The number of halogens is 1. The van der Waals surface area contributed by atoms with Gasteiger partial charge in [-0.2, -0.15) is 0 Å². The minimum Gasteiger partial charge on any atom is -0.380 e. The standard InChI is InChI=1S/C25H25ClN4O4/c1-16-4-3-13-29(24(16)32)20-11-9-18(10-12-20)27-23(31)22-14-21(34-2)15-30(22)25(33)28-19-7-5-17(26)6-8-19/h3-13,21-22H,14-15H2,1-2H3,(H,27,31)(H,28,33)/t21-,22-/m1/s1. The highest BCUT2D eigenvalue weighted by molar-refractivity contribution is 6.30. The van der Waals surface area contributed by atoms with E-state index in [0.29, 0.717) is 40.6 Å². The number of nitrogens with zero attached hydrogens (tertiary/aromatic N) is 2. The van der Waals surface area contributed by atoms with Gasteiger partial charge in [0.15, 0.2) is 0 Å². The number of anilines is 2. The zero-order chi connectivity index (χ0) is 24.2. The number of likely N-dealkylation sites (tertiary alicyclic amines) is 1. The van der Waals surface area contributed by atoms with E-state index in [2.05, 4.69) is 10.6 Å². The maximum Gasteiger partial charge on any atom is 0.322 e. The fourth-order valence-corrected chi connectivity index (χ4v) is 4.03. The second-order valence-corrected chi connectivity index (χ2v) is 8.54. The van der Waals surface area contributed by atoms with Gasteiger partial charge in [-0.25, -0.2) is 4.79 Å². The fraction of sp³-hybridized carbons (Fsp3) is 0.240. The highest BCUT2D eigenvalue weighted by Gasteiger charge is 2.40. The molecule has 3 amide bonds. The zero-order valence-electron chi connectivity index (χ0n) is 18.8. The summed E-state index contributed by atoms with van der Waals surface area (Å²) in [6.07, 6.45) is 1.83. The van der Waals surface area contributed by atoms with E-state index < -0.39 is 12.1 Å². The molecule has 0 spiro atoms. The molecule has 1 aromatic heterocycles. The van der Waals surface area contributed by atoms with Crippen LogP contribution >= 0.6 is 11.6 Å². The van der Waals surface area contributed by atoms with Crippen molar-refractivity contribution in [1.29, 1.82) is 0 Å². The van der Waals surface area contributed by atoms with Gasteiger partial charge in [-0.05, 0) is 61.5 Å². The van der Waals surface area contributed by atoms with Crippen LogP contribution in [-0.4, -0.2) is 47.2 Å². The largest absolute Gasteiger partial charge is 0.380 e. The summed E-state index contributed by atoms with van der Waals surface area (Å²) >= 11 is 5.90. The van der Waals surface area contributed by atoms with Crippen LogP contribution in [0.2, 0.25) is 5.02 Å². The summed E-state index contributed by atoms with van der Waals surface area (Å²) in [4.78, 5) is 39.8. The van der Waals surface area contributed by atoms with E-state index in [1.807, 2.05) is 6.07 Å². The molecule has 2 atom stereocenters. The average molecular weight is 481 g/mol. The lowest BCUT2D eigenvalue weighted by atomic mass is 10.1. The van der Waals surface area contributed by atoms with Gasteiger partial charge in [-0.3, -0.25) is 14.2 Å². The van der Waals surface area contributed by atoms with Gasteiger partial charge in [0.2, 0.25) is 5.91 Å². The normalized spacial score (nSPS) is 17.4. The molecule has 0 radical (unpaired) electrons. The number of methoxy groups -OCH3 is 1. The molecule has 1 saturated heterocycles. The van der Waals surface area contributed by atoms with E-state index in [4.69, 9.17) is 16.3 Å². The van der Waals surface area contributed by atoms with Crippen molar-refractivity contribution >= 4 is 34.9 Å². The molecule has 4 rings (SSSR count). The lowest BCUT2D eigenvalue weighted by Crippen LogP contribution is -2.45. The van der Waals surface area contributed by atoms with Crippen LogP contribution in [0.4, 0.5) is 16.2 Å². The van der Waals surface area contributed by atoms with Crippen molar-refractivity contribution < 1.29 is 14.3 Å². The number of ether oxygens (including phenoxy) is 1. The van der Waals surface area contributed by atoms with Gasteiger partial charge in [0.1, 0.15) is 6.04 Å². The summed E-state index contributed by atoms with van der Waals surface area (Å²) in [5.41, 5.74) is 2.38. The Labute approximate surface area is 202 Å². The molecule has 1 fully saturated rings. The van der Waals surface area contributed by atoms with Crippen LogP contribution in [0.15, 0.2) is 71.7 Å². The second kappa shape index (κ2) is 10.1. The van der Waals surface area contributed by atoms with Crippen LogP contribution in [0, 0.1) is 6.92 Å². The minimum absolute atomic E-state index is 0.0989. The smallest absolute Gasteiger partial charge is 0.322 e. The first kappa shape index (κ1) is 23.5. The van der Waals surface area contributed by atoms with E-state index in [0.717, 1.165) is 0 Å². The number of aryl methyl sites for hydroxylation is 1. The number of nitrogens with one attached hydrogen (secondary N) is 2. The van der Waals surface area contributed by atoms with Crippen LogP contribution in [0.25, 0.3) is 5.69 Å². The van der Waals surface area contributed by atoms with Crippen molar-refractivity contribution in [1.82, 2.24) is 9.47 Å². The Kier molecular flexibility index (Phi) is 7.00. The van der Waals surface area contributed by atoms with E-state index in [1.54, 1.807) is 79.4 Å². The van der Waals surface area contributed by atoms with Gasteiger partial charge in [0.25, 0.3) is 5.56 Å². The van der Waals surface area contributed by atoms with Crippen molar-refractivity contribution in [2.45, 2.75) is 25.5 Å². The number of benzene rings is 2. The Morgan fingerprint density at radius 3 is 2.32 bits per heavy atom. The number of pyridine rings is 1. The molecule has 2 aromatic carbocycles. The van der Waals surface area contributed by atoms with Gasteiger partial charge < -0.3 is 20.3 Å². The highest BCUT2D eigenvalue weighted by Crippen LogP contribution is 2.24. The predicted octanol–water partition coefficient (Wildman–Crippen LogP) is 4.06. The van der Waals surface area contributed by atoms with Crippen LogP contribution in [0.5, 0.6) is 0 Å². The van der Waals surface area contributed by atoms with Gasteiger partial charge >= 0.3 is 6.03 Å². The van der Waals surface area contributed by atoms with E-state index in [9.17, 15) is 14.4 Å². The monoisotopic (exact) mass is 480 g/mol. The summed E-state index contributed by atoms with van der Waals surface area (Å²) < 4.78 is 6.97. The predicted molar refractivity (Wildman–Crippen MR) is 132 cm³/mol. The number of urea groups is 1. The molecule has 0 bridgehead atoms. The lowest BCUT2D eigenvalue weighted by Gasteiger charge is -2.24. The minimum atomic E-state index is -0.698. The third-order valence-corrected chi connectivity index (χ3v) is 6.06. The molecule has 9 heteroatoms. The Hall–Kier alpha value is -3.62. The molecule has 2 heterocycles. The summed E-state index contributed by atoms with van der Waals surface area (Å²) in [7, 11) is 1.56. The summed E-state index contributed by atoms with van der Waals surface area (Å²) in [5.74, 6) is -0.314. The van der Waals surface area contributed by atoms with Crippen molar-refractivity contribution in [3.63, 3.8) is 0 Å². The van der Waals surface area contributed by atoms with E-state index >= 15 is 0 Å². The topological polar surface area (TPSA) is 92.7 Å². The van der Waals surface area contributed by atoms with Gasteiger partial charge in [0, 0.05) is 53.9 Å². The quantitative estimate of drug-likeness (QED) is 0.576. The van der Waals surface area contributed by atoms with E-state index in [-0.39, 0.29) is 17.6 Å². The van der Waals surface area contributed by atoms with Crippen LogP contribution in [-0.2, 0) is 9.53 Å². The molecule has 2 N–H and O–H groups in total. The summed E-state index contributed by atoms with van der Waals surface area (Å²) in [5, 5.41) is 6.23. The molecule has 0 saturated carbocycles. The molecular weight excluding hydrogens is 456 g/mol. The fourth-order valence-electron chi connectivity index (χ4n) is 3.91. The first-order chi connectivity index (χ1) is 16.4. The van der Waals surface area contributed by atoms with Gasteiger partial charge in [-0.1, -0.05) is 17.7 Å². The number of hydrogen-bond acceptors (Lipinski definition) is 4. The Morgan fingerprint density at radius 2 is 1.65 bits per heavy atom. The Morgan fingerprint density at radius 1 is 1.00 bits per heavy atom. The summed E-state index contributed by atoms with van der Waals surface area (Å²) in [6.45, 7) is 2.06. The average Bonchev–Trinajstić information content (AvgIpc) is 3.28. The van der Waals surface area contributed by atoms with Crippen molar-refractivity contribution in [2.24, 2.45) is 0 Å². The first-order valence-corrected chi connectivity index (χ1v) is 11.2. The molecule has 1 aliphatic heterocycles. The number of hydrogen-bond donors (Lipinski definition) is 2. The lowest BCUT2D eigenvalue weighted by molar-refractivity contribution is -0.119. The molecule has 3 aromatic rings. The molecule has 0 unspecified atom stereocenters. The van der Waals surface area contributed by atoms with Crippen molar-refractivity contribution in [3.05, 3.63) is 87.8 Å². The molecule has 176 valence electrons. The molecule has 8 nitrogen and oxygen atoms in total. The SMILES string of the molecule is CO[C@@H]1C[C@H](C(=O)Nc2ccc(-n3cccc(C)c3=O)cc2)N(C(=O)Nc2ccc(Cl)cc2)C1. The third kappa shape index (κ3) is 5.13.